The molecule has 0 saturated heterocycles. The summed E-state index contributed by atoms with van der Waals surface area (Å²) in [6.07, 6.45) is 3.34. The van der Waals surface area contributed by atoms with E-state index in [0.29, 0.717) is 5.56 Å². The zero-order valence-electron chi connectivity index (χ0n) is 10.7. The fourth-order valence-electron chi connectivity index (χ4n) is 1.64. The number of anilines is 1. The largest absolute Gasteiger partial charge is 0.324 e. The number of amides is 1. The highest BCUT2D eigenvalue weighted by Gasteiger charge is 2.17. The number of hydrogen-bond acceptors (Lipinski definition) is 3. The molecule has 3 N–H and O–H groups in total. The van der Waals surface area contributed by atoms with Crippen LogP contribution in [0.1, 0.15) is 17.2 Å². The molecule has 19 heavy (non-hydrogen) atoms. The van der Waals surface area contributed by atoms with Crippen LogP contribution in [0.25, 0.3) is 0 Å². The minimum atomic E-state index is -0.715. The number of aryl methyl sites for hydroxylation is 2. The third kappa shape index (κ3) is 3.32. The zero-order chi connectivity index (χ0) is 14.0. The Labute approximate surface area is 125 Å². The van der Waals surface area contributed by atoms with Gasteiger partial charge in [0, 0.05) is 28.1 Å². The van der Waals surface area contributed by atoms with Crippen molar-refractivity contribution in [1.82, 2.24) is 9.78 Å². The van der Waals surface area contributed by atoms with E-state index >= 15 is 0 Å². The molecule has 1 aromatic carbocycles. The monoisotopic (exact) mass is 370 g/mol. The molecular formula is C13H15IN4O. The Morgan fingerprint density at radius 2 is 2.26 bits per heavy atom. The van der Waals surface area contributed by atoms with E-state index in [9.17, 15) is 4.79 Å². The third-order valence-electron chi connectivity index (χ3n) is 2.81. The van der Waals surface area contributed by atoms with Gasteiger partial charge in [-0.3, -0.25) is 9.48 Å². The van der Waals surface area contributed by atoms with Gasteiger partial charge >= 0.3 is 0 Å². The minimum Gasteiger partial charge on any atom is -0.324 e. The van der Waals surface area contributed by atoms with E-state index < -0.39 is 6.04 Å². The third-order valence-corrected chi connectivity index (χ3v) is 3.97. The Kier molecular flexibility index (Phi) is 4.20. The molecule has 1 amide bonds. The average Bonchev–Trinajstić information content (AvgIpc) is 2.79. The van der Waals surface area contributed by atoms with Crippen LogP contribution in [-0.4, -0.2) is 15.7 Å². The van der Waals surface area contributed by atoms with Crippen LogP contribution in [0, 0.1) is 10.5 Å². The van der Waals surface area contributed by atoms with E-state index in [2.05, 4.69) is 33.0 Å². The van der Waals surface area contributed by atoms with E-state index in [1.165, 1.54) is 5.56 Å². The van der Waals surface area contributed by atoms with Gasteiger partial charge in [0.2, 0.25) is 5.91 Å². The molecule has 1 heterocycles. The number of nitrogens with two attached hydrogens (primary N) is 1. The molecule has 1 aromatic heterocycles. The molecule has 0 aliphatic carbocycles. The summed E-state index contributed by atoms with van der Waals surface area (Å²) in [4.78, 5) is 12.0. The lowest BCUT2D eigenvalue weighted by molar-refractivity contribution is -0.117. The highest BCUT2D eigenvalue weighted by molar-refractivity contribution is 14.1. The Morgan fingerprint density at radius 1 is 1.53 bits per heavy atom. The van der Waals surface area contributed by atoms with E-state index in [1.54, 1.807) is 24.1 Å². The first kappa shape index (κ1) is 14.0. The van der Waals surface area contributed by atoms with Crippen LogP contribution < -0.4 is 11.1 Å². The second-order valence-corrected chi connectivity index (χ2v) is 5.54. The molecule has 5 nitrogen and oxygen atoms in total. The smallest absolute Gasteiger partial charge is 0.246 e. The Hall–Kier alpha value is -1.41. The second kappa shape index (κ2) is 5.70. The number of carbonyl (C=O) groups excluding carboxylic acids is 1. The average molecular weight is 370 g/mol. The predicted molar refractivity (Wildman–Crippen MR) is 82.7 cm³/mol. The molecule has 1 unspecified atom stereocenters. The second-order valence-electron chi connectivity index (χ2n) is 4.38. The molecule has 2 rings (SSSR count). The van der Waals surface area contributed by atoms with Gasteiger partial charge in [0.1, 0.15) is 6.04 Å². The normalized spacial score (nSPS) is 12.2. The number of carbonyl (C=O) groups is 1. The van der Waals surface area contributed by atoms with Gasteiger partial charge in [-0.1, -0.05) is 6.07 Å². The van der Waals surface area contributed by atoms with Crippen molar-refractivity contribution in [3.63, 3.8) is 0 Å². The summed E-state index contributed by atoms with van der Waals surface area (Å²) in [7, 11) is 1.79. The van der Waals surface area contributed by atoms with Crippen molar-refractivity contribution in [2.24, 2.45) is 12.8 Å². The van der Waals surface area contributed by atoms with Gasteiger partial charge in [-0.25, -0.2) is 0 Å². The summed E-state index contributed by atoms with van der Waals surface area (Å²) >= 11 is 2.23. The van der Waals surface area contributed by atoms with Gasteiger partial charge in [-0.2, -0.15) is 5.10 Å². The molecule has 0 spiro atoms. The quantitative estimate of drug-likeness (QED) is 0.812. The van der Waals surface area contributed by atoms with Gasteiger partial charge in [-0.15, -0.1) is 0 Å². The predicted octanol–water partition coefficient (Wildman–Crippen LogP) is 1.97. The summed E-state index contributed by atoms with van der Waals surface area (Å²) in [6, 6.07) is 5.04. The molecule has 0 aliphatic rings. The van der Waals surface area contributed by atoms with Crippen molar-refractivity contribution in [2.45, 2.75) is 13.0 Å². The van der Waals surface area contributed by atoms with Gasteiger partial charge in [0.25, 0.3) is 0 Å². The summed E-state index contributed by atoms with van der Waals surface area (Å²) in [5.41, 5.74) is 8.52. The van der Waals surface area contributed by atoms with Crippen molar-refractivity contribution < 1.29 is 4.79 Å². The van der Waals surface area contributed by atoms with Crippen LogP contribution in [0.5, 0.6) is 0 Å². The molecule has 0 saturated carbocycles. The number of rotatable bonds is 3. The lowest BCUT2D eigenvalue weighted by Crippen LogP contribution is -2.27. The molecule has 0 aliphatic heterocycles. The van der Waals surface area contributed by atoms with Crippen LogP contribution in [0.15, 0.2) is 30.6 Å². The highest BCUT2D eigenvalue weighted by atomic mass is 127. The number of hydrogen-bond donors (Lipinski definition) is 2. The van der Waals surface area contributed by atoms with Crippen molar-refractivity contribution in [3.8, 4) is 0 Å². The maximum absolute atomic E-state index is 12.0. The zero-order valence-corrected chi connectivity index (χ0v) is 12.9. The minimum absolute atomic E-state index is 0.243. The number of nitrogens with one attached hydrogen (secondary N) is 1. The standard InChI is InChI=1S/C13H15IN4O/c1-8-3-4-10(5-11(8)14)17-13(19)12(15)9-6-16-18(2)7-9/h3-7,12H,15H2,1-2H3,(H,17,19). The van der Waals surface area contributed by atoms with E-state index in [4.69, 9.17) is 5.73 Å². The first-order valence-electron chi connectivity index (χ1n) is 5.78. The molecule has 0 fully saturated rings. The first-order valence-corrected chi connectivity index (χ1v) is 6.86. The Bertz CT molecular complexity index is 608. The van der Waals surface area contributed by atoms with Crippen molar-refractivity contribution in [2.75, 3.05) is 5.32 Å². The summed E-state index contributed by atoms with van der Waals surface area (Å²) < 4.78 is 2.72. The number of aromatic nitrogens is 2. The molecule has 2 aromatic rings. The summed E-state index contributed by atoms with van der Waals surface area (Å²) in [5, 5.41) is 6.82. The molecule has 0 radical (unpaired) electrons. The van der Waals surface area contributed by atoms with Crippen LogP contribution in [0.3, 0.4) is 0 Å². The fraction of sp³-hybridized carbons (Fsp3) is 0.231. The highest BCUT2D eigenvalue weighted by Crippen LogP contribution is 2.18. The number of benzene rings is 1. The molecule has 1 atom stereocenters. The SMILES string of the molecule is Cc1ccc(NC(=O)C(N)c2cnn(C)c2)cc1I. The van der Waals surface area contributed by atoms with Crippen LogP contribution >= 0.6 is 22.6 Å². The molecule has 100 valence electrons. The van der Waals surface area contributed by atoms with Gasteiger partial charge < -0.3 is 11.1 Å². The van der Waals surface area contributed by atoms with Crippen LogP contribution in [0.2, 0.25) is 0 Å². The van der Waals surface area contributed by atoms with Crippen molar-refractivity contribution in [3.05, 3.63) is 45.3 Å². The van der Waals surface area contributed by atoms with Crippen LogP contribution in [0.4, 0.5) is 5.69 Å². The van der Waals surface area contributed by atoms with Crippen molar-refractivity contribution in [1.29, 1.82) is 0 Å². The van der Waals surface area contributed by atoms with Crippen LogP contribution in [-0.2, 0) is 11.8 Å². The summed E-state index contributed by atoms with van der Waals surface area (Å²) in [6.45, 7) is 2.02. The lowest BCUT2D eigenvalue weighted by atomic mass is 10.1. The molecule has 6 heteroatoms. The number of halogens is 1. The molecular weight excluding hydrogens is 355 g/mol. The Balaban J connectivity index is 2.10. The van der Waals surface area contributed by atoms with Gasteiger partial charge in [0.15, 0.2) is 0 Å². The van der Waals surface area contributed by atoms with E-state index in [1.807, 2.05) is 25.1 Å². The van der Waals surface area contributed by atoms with Crippen molar-refractivity contribution >= 4 is 34.2 Å². The molecule has 0 bridgehead atoms. The summed E-state index contributed by atoms with van der Waals surface area (Å²) in [5.74, 6) is -0.243. The lowest BCUT2D eigenvalue weighted by Gasteiger charge is -2.11. The first-order chi connectivity index (χ1) is 8.97. The Morgan fingerprint density at radius 3 is 2.84 bits per heavy atom. The maximum atomic E-state index is 12.0. The number of nitrogens with zero attached hydrogens (tertiary/aromatic N) is 2. The van der Waals surface area contributed by atoms with Gasteiger partial charge in [-0.05, 0) is 47.2 Å². The van der Waals surface area contributed by atoms with E-state index in [0.717, 1.165) is 9.26 Å². The fourth-order valence-corrected chi connectivity index (χ4v) is 2.16. The van der Waals surface area contributed by atoms with Gasteiger partial charge in [0.05, 0.1) is 6.20 Å². The topological polar surface area (TPSA) is 72.9 Å². The maximum Gasteiger partial charge on any atom is 0.246 e. The van der Waals surface area contributed by atoms with E-state index in [-0.39, 0.29) is 5.91 Å².